The number of anilines is 4. The van der Waals surface area contributed by atoms with E-state index in [-0.39, 0.29) is 17.3 Å². The second kappa shape index (κ2) is 12.2. The topological polar surface area (TPSA) is 108 Å². The number of methoxy groups -OCH3 is 1. The lowest BCUT2D eigenvalue weighted by atomic mass is 10.1. The molecule has 0 saturated heterocycles. The number of benzene rings is 2. The molecule has 0 fully saturated rings. The summed E-state index contributed by atoms with van der Waals surface area (Å²) in [6.07, 6.45) is -0.646. The van der Waals surface area contributed by atoms with Gasteiger partial charge in [0.25, 0.3) is 0 Å². The van der Waals surface area contributed by atoms with Gasteiger partial charge in [0, 0.05) is 61.1 Å². The third-order valence-electron chi connectivity index (χ3n) is 6.13. The Morgan fingerprint density at radius 1 is 1.12 bits per heavy atom. The molecule has 13 heteroatoms. The summed E-state index contributed by atoms with van der Waals surface area (Å²) in [6, 6.07) is 9.78. The number of aromatic amines is 1. The van der Waals surface area contributed by atoms with Gasteiger partial charge < -0.3 is 34.9 Å². The highest BCUT2D eigenvalue weighted by molar-refractivity contribution is 6.02. The number of alkyl halides is 3. The number of carbonyl (C=O) groups is 1. The van der Waals surface area contributed by atoms with E-state index in [4.69, 9.17) is 4.74 Å². The number of nitrogens with zero attached hydrogens (tertiary/aromatic N) is 4. The first kappa shape index (κ1) is 29.2. The van der Waals surface area contributed by atoms with E-state index in [1.807, 2.05) is 37.2 Å². The molecule has 0 spiro atoms. The van der Waals surface area contributed by atoms with E-state index in [0.29, 0.717) is 30.2 Å². The summed E-state index contributed by atoms with van der Waals surface area (Å²) in [4.78, 5) is 27.7. The van der Waals surface area contributed by atoms with Gasteiger partial charge >= 0.3 is 6.36 Å². The summed E-state index contributed by atoms with van der Waals surface area (Å²) in [5.41, 5.74) is 2.57. The van der Waals surface area contributed by atoms with E-state index < -0.39 is 18.0 Å². The lowest BCUT2D eigenvalue weighted by molar-refractivity contribution is -0.274. The number of amides is 1. The van der Waals surface area contributed by atoms with Crippen molar-refractivity contribution in [1.29, 1.82) is 0 Å². The SMILES string of the molecule is C=CC(=O)Nc1cc(Nc2nccc(-c3c[nH]c4cc(OC)ccc34)n2)c(OC(F)(F)F)cc1N(C)CCN(C)C. The fourth-order valence-electron chi connectivity index (χ4n) is 4.08. The van der Waals surface area contributed by atoms with Gasteiger partial charge in [-0.05, 0) is 44.4 Å². The van der Waals surface area contributed by atoms with Crippen LogP contribution in [0.25, 0.3) is 22.2 Å². The summed E-state index contributed by atoms with van der Waals surface area (Å²) in [5, 5.41) is 6.37. The molecule has 0 aliphatic heterocycles. The molecule has 4 aromatic rings. The summed E-state index contributed by atoms with van der Waals surface area (Å²) in [6.45, 7) is 4.54. The molecule has 41 heavy (non-hydrogen) atoms. The van der Waals surface area contributed by atoms with Crippen molar-refractivity contribution in [2.75, 3.05) is 56.9 Å². The molecular formula is C28H30F3N7O3. The van der Waals surface area contributed by atoms with Crippen LogP contribution in [-0.2, 0) is 4.79 Å². The van der Waals surface area contributed by atoms with Crippen molar-refractivity contribution in [2.45, 2.75) is 6.36 Å². The number of H-pyrrole nitrogens is 1. The first-order valence-corrected chi connectivity index (χ1v) is 12.5. The number of rotatable bonds is 11. The quantitative estimate of drug-likeness (QED) is 0.206. The standard InChI is InChI=1S/C28H30F3N7O3/c1-6-26(39)34-22-14-23(25(41-28(29,30)31)15-24(22)38(4)12-11-37(2)3)36-27-32-10-9-20(35-27)19-16-33-21-13-17(40-5)7-8-18(19)21/h6-10,13-16,33H,1,11-12H2,2-5H3,(H,34,39)(H,32,35,36). The van der Waals surface area contributed by atoms with Crippen molar-refractivity contribution in [3.05, 3.63) is 61.4 Å². The van der Waals surface area contributed by atoms with E-state index in [1.165, 1.54) is 18.3 Å². The molecule has 4 rings (SSSR count). The van der Waals surface area contributed by atoms with E-state index in [9.17, 15) is 18.0 Å². The van der Waals surface area contributed by atoms with Crippen LogP contribution in [0.2, 0.25) is 0 Å². The van der Waals surface area contributed by atoms with E-state index in [2.05, 4.69) is 36.9 Å². The van der Waals surface area contributed by atoms with Crippen molar-refractivity contribution in [1.82, 2.24) is 19.9 Å². The maximum atomic E-state index is 13.5. The molecule has 0 aliphatic rings. The predicted octanol–water partition coefficient (Wildman–Crippen LogP) is 5.40. The average molecular weight is 570 g/mol. The van der Waals surface area contributed by atoms with Crippen LogP contribution >= 0.6 is 0 Å². The number of fused-ring (bicyclic) bond motifs is 1. The fraction of sp³-hybridized carbons (Fsp3) is 0.250. The largest absolute Gasteiger partial charge is 0.573 e. The van der Waals surface area contributed by atoms with Crippen LogP contribution in [0.15, 0.2) is 61.4 Å². The van der Waals surface area contributed by atoms with Gasteiger partial charge in [-0.15, -0.1) is 13.2 Å². The zero-order valence-electron chi connectivity index (χ0n) is 23.0. The first-order valence-electron chi connectivity index (χ1n) is 12.5. The second-order valence-electron chi connectivity index (χ2n) is 9.34. The highest BCUT2D eigenvalue weighted by atomic mass is 19.4. The highest BCUT2D eigenvalue weighted by Gasteiger charge is 2.33. The van der Waals surface area contributed by atoms with Crippen molar-refractivity contribution >= 4 is 39.8 Å². The predicted molar refractivity (Wildman–Crippen MR) is 153 cm³/mol. The Morgan fingerprint density at radius 2 is 1.90 bits per heavy atom. The van der Waals surface area contributed by atoms with Crippen molar-refractivity contribution < 1.29 is 27.4 Å². The maximum Gasteiger partial charge on any atom is 0.573 e. The van der Waals surface area contributed by atoms with Gasteiger partial charge in [-0.25, -0.2) is 9.97 Å². The van der Waals surface area contributed by atoms with Crippen molar-refractivity contribution in [3.63, 3.8) is 0 Å². The van der Waals surface area contributed by atoms with E-state index in [1.54, 1.807) is 31.3 Å². The fourth-order valence-corrected chi connectivity index (χ4v) is 4.08. The molecular weight excluding hydrogens is 539 g/mol. The Hall–Kier alpha value is -4.78. The van der Waals surface area contributed by atoms with Gasteiger partial charge in [-0.2, -0.15) is 0 Å². The van der Waals surface area contributed by atoms with E-state index >= 15 is 0 Å². The molecule has 0 radical (unpaired) electrons. The molecule has 2 heterocycles. The first-order chi connectivity index (χ1) is 19.5. The minimum Gasteiger partial charge on any atom is -0.497 e. The lowest BCUT2D eigenvalue weighted by Crippen LogP contribution is -2.29. The zero-order valence-corrected chi connectivity index (χ0v) is 23.0. The Kier molecular flexibility index (Phi) is 8.67. The van der Waals surface area contributed by atoms with Crippen LogP contribution in [0, 0.1) is 0 Å². The summed E-state index contributed by atoms with van der Waals surface area (Å²) < 4.78 is 50.1. The number of halogens is 3. The van der Waals surface area contributed by atoms with Crippen LogP contribution in [0.1, 0.15) is 0 Å². The Morgan fingerprint density at radius 3 is 2.59 bits per heavy atom. The van der Waals surface area contributed by atoms with Crippen LogP contribution in [0.3, 0.4) is 0 Å². The van der Waals surface area contributed by atoms with Gasteiger partial charge in [0.15, 0.2) is 5.75 Å². The van der Waals surface area contributed by atoms with Crippen molar-refractivity contribution in [3.8, 4) is 22.8 Å². The Labute approximate surface area is 234 Å². The molecule has 216 valence electrons. The highest BCUT2D eigenvalue weighted by Crippen LogP contribution is 2.40. The van der Waals surface area contributed by atoms with Crippen LogP contribution in [0.5, 0.6) is 11.5 Å². The van der Waals surface area contributed by atoms with Gasteiger partial charge in [-0.1, -0.05) is 6.58 Å². The lowest BCUT2D eigenvalue weighted by Gasteiger charge is -2.26. The third kappa shape index (κ3) is 7.25. The number of hydrogen-bond acceptors (Lipinski definition) is 8. The zero-order chi connectivity index (χ0) is 29.7. The van der Waals surface area contributed by atoms with Gasteiger partial charge in [0.05, 0.1) is 29.9 Å². The Bertz CT molecular complexity index is 1550. The normalized spacial score (nSPS) is 11.4. The molecule has 10 nitrogen and oxygen atoms in total. The molecule has 2 aromatic carbocycles. The molecule has 0 saturated carbocycles. The third-order valence-corrected chi connectivity index (χ3v) is 6.13. The van der Waals surface area contributed by atoms with Crippen LogP contribution in [0.4, 0.5) is 36.2 Å². The number of aromatic nitrogens is 3. The smallest absolute Gasteiger partial charge is 0.497 e. The number of carbonyl (C=O) groups excluding carboxylic acids is 1. The minimum absolute atomic E-state index is 0.0205. The van der Waals surface area contributed by atoms with Gasteiger partial charge in [0.2, 0.25) is 11.9 Å². The molecule has 0 unspecified atom stereocenters. The number of hydrogen-bond donors (Lipinski definition) is 3. The summed E-state index contributed by atoms with van der Waals surface area (Å²) in [5.74, 6) is -0.346. The summed E-state index contributed by atoms with van der Waals surface area (Å²) in [7, 11) is 7.03. The molecule has 0 aliphatic carbocycles. The van der Waals surface area contributed by atoms with Gasteiger partial charge in [-0.3, -0.25) is 4.79 Å². The molecule has 3 N–H and O–H groups in total. The average Bonchev–Trinajstić information content (AvgIpc) is 3.35. The van der Waals surface area contributed by atoms with Crippen LogP contribution in [-0.4, -0.2) is 73.5 Å². The number of ether oxygens (including phenoxy) is 2. The Balaban J connectivity index is 1.75. The maximum absolute atomic E-state index is 13.5. The van der Waals surface area contributed by atoms with Gasteiger partial charge in [0.1, 0.15) is 5.75 Å². The molecule has 0 atom stereocenters. The minimum atomic E-state index is -4.98. The molecule has 2 aromatic heterocycles. The monoisotopic (exact) mass is 569 g/mol. The number of nitrogens with one attached hydrogen (secondary N) is 3. The number of likely N-dealkylation sites (N-methyl/N-ethyl adjacent to an activating group) is 2. The van der Waals surface area contributed by atoms with Crippen LogP contribution < -0.4 is 25.0 Å². The molecule has 0 bridgehead atoms. The summed E-state index contributed by atoms with van der Waals surface area (Å²) >= 11 is 0. The van der Waals surface area contributed by atoms with Crippen molar-refractivity contribution in [2.24, 2.45) is 0 Å². The second-order valence-corrected chi connectivity index (χ2v) is 9.34. The van der Waals surface area contributed by atoms with E-state index in [0.717, 1.165) is 22.5 Å². The molecule has 1 amide bonds.